The maximum atomic E-state index is 3.74. The van der Waals surface area contributed by atoms with Gasteiger partial charge in [0.1, 0.15) is 0 Å². The zero-order valence-corrected chi connectivity index (χ0v) is 8.25. The minimum absolute atomic E-state index is 0.473. The van der Waals surface area contributed by atoms with Gasteiger partial charge >= 0.3 is 0 Å². The van der Waals surface area contributed by atoms with E-state index in [2.05, 4.69) is 37.8 Å². The second-order valence-corrected chi connectivity index (χ2v) is 2.44. The Hall–Kier alpha value is -1.04. The first kappa shape index (κ1) is 11.0. The third-order valence-electron chi connectivity index (χ3n) is 1.68. The van der Waals surface area contributed by atoms with Gasteiger partial charge in [-0.2, -0.15) is 0 Å². The molecule has 0 nitrogen and oxygen atoms in total. The van der Waals surface area contributed by atoms with E-state index in [9.17, 15) is 0 Å². The van der Waals surface area contributed by atoms with Crippen molar-refractivity contribution in [3.05, 3.63) is 48.6 Å². The highest BCUT2D eigenvalue weighted by Crippen LogP contribution is 2.14. The lowest BCUT2D eigenvalue weighted by Gasteiger charge is -2.03. The van der Waals surface area contributed by atoms with E-state index in [-0.39, 0.29) is 0 Å². The average Bonchev–Trinajstić information content (AvgIpc) is 2.21. The standard InChI is InChI=1S/C10H12.C2H6/c1-3-9(2)10-7-5-4-6-8-10;1-2/h3-9H,1H2,2H3;1-2H3. The van der Waals surface area contributed by atoms with Gasteiger partial charge in [0, 0.05) is 0 Å². The summed E-state index contributed by atoms with van der Waals surface area (Å²) in [6.07, 6.45) is 1.95. The van der Waals surface area contributed by atoms with Gasteiger partial charge in [0.25, 0.3) is 0 Å². The summed E-state index contributed by atoms with van der Waals surface area (Å²) >= 11 is 0. The molecule has 1 unspecified atom stereocenters. The van der Waals surface area contributed by atoms with Crippen molar-refractivity contribution in [1.29, 1.82) is 0 Å². The van der Waals surface area contributed by atoms with E-state index in [0.717, 1.165) is 0 Å². The molecule has 0 saturated heterocycles. The molecule has 1 atom stereocenters. The van der Waals surface area contributed by atoms with Gasteiger partial charge in [-0.1, -0.05) is 57.2 Å². The summed E-state index contributed by atoms with van der Waals surface area (Å²) in [4.78, 5) is 0. The Morgan fingerprint density at radius 1 is 1.17 bits per heavy atom. The minimum atomic E-state index is 0.473. The molecule has 0 aliphatic rings. The molecule has 0 heteroatoms. The highest BCUT2D eigenvalue weighted by atomic mass is 14.0. The zero-order chi connectivity index (χ0) is 9.40. The first-order valence-electron chi connectivity index (χ1n) is 4.52. The summed E-state index contributed by atoms with van der Waals surface area (Å²) < 4.78 is 0. The quantitative estimate of drug-likeness (QED) is 0.576. The van der Waals surface area contributed by atoms with Crippen LogP contribution in [0.2, 0.25) is 0 Å². The van der Waals surface area contributed by atoms with Crippen LogP contribution in [0.4, 0.5) is 0 Å². The summed E-state index contributed by atoms with van der Waals surface area (Å²) in [6, 6.07) is 10.4. The summed E-state index contributed by atoms with van der Waals surface area (Å²) in [5, 5.41) is 0. The maximum absolute atomic E-state index is 3.74. The van der Waals surface area contributed by atoms with Gasteiger partial charge in [0.05, 0.1) is 0 Å². The average molecular weight is 162 g/mol. The van der Waals surface area contributed by atoms with Gasteiger partial charge in [0.2, 0.25) is 0 Å². The van der Waals surface area contributed by atoms with E-state index in [1.54, 1.807) is 0 Å². The Morgan fingerprint density at radius 2 is 1.67 bits per heavy atom. The molecule has 1 aromatic carbocycles. The molecule has 1 rings (SSSR count). The molecule has 0 bridgehead atoms. The van der Waals surface area contributed by atoms with Crippen LogP contribution in [0.1, 0.15) is 32.3 Å². The smallest absolute Gasteiger partial charge is 0.00131 e. The maximum Gasteiger partial charge on any atom is -0.00131 e. The lowest BCUT2D eigenvalue weighted by molar-refractivity contribution is 0.971. The van der Waals surface area contributed by atoms with E-state index < -0.39 is 0 Å². The van der Waals surface area contributed by atoms with E-state index in [1.807, 2.05) is 26.0 Å². The molecule has 0 radical (unpaired) electrons. The predicted molar refractivity (Wildman–Crippen MR) is 56.4 cm³/mol. The number of rotatable bonds is 2. The number of hydrogen-bond donors (Lipinski definition) is 0. The van der Waals surface area contributed by atoms with E-state index in [1.165, 1.54) is 5.56 Å². The Labute approximate surface area is 75.9 Å². The van der Waals surface area contributed by atoms with Gasteiger partial charge in [-0.05, 0) is 11.5 Å². The van der Waals surface area contributed by atoms with Gasteiger partial charge < -0.3 is 0 Å². The van der Waals surface area contributed by atoms with Crippen LogP contribution in [0.15, 0.2) is 43.0 Å². The highest BCUT2D eigenvalue weighted by Gasteiger charge is 1.96. The molecule has 0 aliphatic carbocycles. The van der Waals surface area contributed by atoms with Crippen LogP contribution in [0, 0.1) is 0 Å². The molecular weight excluding hydrogens is 144 g/mol. The normalized spacial score (nSPS) is 10.9. The van der Waals surface area contributed by atoms with Crippen LogP contribution in [-0.4, -0.2) is 0 Å². The fourth-order valence-electron chi connectivity index (χ4n) is 0.893. The monoisotopic (exact) mass is 162 g/mol. The van der Waals surface area contributed by atoms with E-state index in [4.69, 9.17) is 0 Å². The van der Waals surface area contributed by atoms with Crippen molar-refractivity contribution < 1.29 is 0 Å². The van der Waals surface area contributed by atoms with Crippen molar-refractivity contribution in [2.75, 3.05) is 0 Å². The number of benzene rings is 1. The Bertz CT molecular complexity index is 199. The number of allylic oxidation sites excluding steroid dienone is 1. The first-order valence-corrected chi connectivity index (χ1v) is 4.52. The lowest BCUT2D eigenvalue weighted by Crippen LogP contribution is -1.85. The molecule has 0 heterocycles. The minimum Gasteiger partial charge on any atom is -0.102 e. The lowest BCUT2D eigenvalue weighted by atomic mass is 10.0. The second-order valence-electron chi connectivity index (χ2n) is 2.44. The molecular formula is C12H18. The van der Waals surface area contributed by atoms with Crippen LogP contribution in [-0.2, 0) is 0 Å². The van der Waals surface area contributed by atoms with Crippen molar-refractivity contribution >= 4 is 0 Å². The molecule has 66 valence electrons. The van der Waals surface area contributed by atoms with E-state index >= 15 is 0 Å². The third-order valence-corrected chi connectivity index (χ3v) is 1.68. The molecule has 0 aromatic heterocycles. The Kier molecular flexibility index (Phi) is 6.08. The first-order chi connectivity index (χ1) is 5.84. The molecule has 0 fully saturated rings. The molecule has 1 aromatic rings. The second kappa shape index (κ2) is 6.66. The Morgan fingerprint density at radius 3 is 2.08 bits per heavy atom. The fourth-order valence-corrected chi connectivity index (χ4v) is 0.893. The van der Waals surface area contributed by atoms with Crippen molar-refractivity contribution in [1.82, 2.24) is 0 Å². The zero-order valence-electron chi connectivity index (χ0n) is 8.25. The van der Waals surface area contributed by atoms with Crippen LogP contribution in [0.3, 0.4) is 0 Å². The van der Waals surface area contributed by atoms with Gasteiger partial charge in [0.15, 0.2) is 0 Å². The van der Waals surface area contributed by atoms with Crippen molar-refractivity contribution in [2.45, 2.75) is 26.7 Å². The fraction of sp³-hybridized carbons (Fsp3) is 0.333. The molecule has 0 amide bonds. The van der Waals surface area contributed by atoms with Crippen LogP contribution in [0.5, 0.6) is 0 Å². The summed E-state index contributed by atoms with van der Waals surface area (Å²) in [7, 11) is 0. The molecule has 12 heavy (non-hydrogen) atoms. The van der Waals surface area contributed by atoms with Crippen LogP contribution < -0.4 is 0 Å². The van der Waals surface area contributed by atoms with Crippen LogP contribution in [0.25, 0.3) is 0 Å². The summed E-state index contributed by atoms with van der Waals surface area (Å²) in [6.45, 7) is 9.88. The van der Waals surface area contributed by atoms with E-state index in [0.29, 0.717) is 5.92 Å². The summed E-state index contributed by atoms with van der Waals surface area (Å²) in [5.41, 5.74) is 1.33. The van der Waals surface area contributed by atoms with Crippen molar-refractivity contribution in [2.24, 2.45) is 0 Å². The van der Waals surface area contributed by atoms with Crippen molar-refractivity contribution in [3.63, 3.8) is 0 Å². The van der Waals surface area contributed by atoms with Gasteiger partial charge in [-0.15, -0.1) is 6.58 Å². The number of hydrogen-bond acceptors (Lipinski definition) is 0. The summed E-state index contributed by atoms with van der Waals surface area (Å²) in [5.74, 6) is 0.473. The van der Waals surface area contributed by atoms with Crippen LogP contribution >= 0.6 is 0 Å². The third kappa shape index (κ3) is 3.38. The molecule has 0 spiro atoms. The van der Waals surface area contributed by atoms with Gasteiger partial charge in [-0.3, -0.25) is 0 Å². The largest absolute Gasteiger partial charge is 0.102 e. The SMILES string of the molecule is C=CC(C)c1ccccc1.CC. The molecule has 0 saturated carbocycles. The molecule has 0 aliphatic heterocycles. The predicted octanol–water partition coefficient (Wildman–Crippen LogP) is 4.00. The van der Waals surface area contributed by atoms with Crippen molar-refractivity contribution in [3.8, 4) is 0 Å². The van der Waals surface area contributed by atoms with Gasteiger partial charge in [-0.25, -0.2) is 0 Å². The molecule has 0 N–H and O–H groups in total. The topological polar surface area (TPSA) is 0 Å². The Balaban J connectivity index is 0.000000561. The highest BCUT2D eigenvalue weighted by molar-refractivity contribution is 5.21.